The predicted molar refractivity (Wildman–Crippen MR) is 253 cm³/mol. The Morgan fingerprint density at radius 1 is 0.603 bits per heavy atom. The van der Waals surface area contributed by atoms with Crippen molar-refractivity contribution in [1.82, 2.24) is 9.55 Å². The summed E-state index contributed by atoms with van der Waals surface area (Å²) in [6.07, 6.45) is 1.84. The number of rotatable bonds is 0. The van der Waals surface area contributed by atoms with E-state index in [0.29, 0.717) is 50.6 Å². The Hall–Kier alpha value is -6.62. The second-order valence-corrected chi connectivity index (χ2v) is 18.0. The molecule has 7 heteroatoms. The second kappa shape index (κ2) is 15.3. The number of pyridine rings is 1. The molecule has 0 N–H and O–H groups in total. The Labute approximate surface area is 389 Å². The van der Waals surface area contributed by atoms with Gasteiger partial charge in [-0.3, -0.25) is 0 Å². The molecule has 9 aromatic rings. The molecule has 5 aliphatic rings. The molecular formula is C56H45N4O2Pt-3. The van der Waals surface area contributed by atoms with Crippen LogP contribution in [0.3, 0.4) is 0 Å². The van der Waals surface area contributed by atoms with Gasteiger partial charge in [0.05, 0.1) is 5.48 Å². The molecule has 7 aromatic carbocycles. The minimum Gasteiger partial charge on any atom is -0.509 e. The topological polar surface area (TPSA) is 42.8 Å². The van der Waals surface area contributed by atoms with E-state index in [9.17, 15) is 1.37 Å². The van der Waals surface area contributed by atoms with Gasteiger partial charge in [0.2, 0.25) is 0 Å². The van der Waals surface area contributed by atoms with E-state index in [-0.39, 0.29) is 56.1 Å². The van der Waals surface area contributed by atoms with Crippen molar-refractivity contribution in [2.24, 2.45) is 0 Å². The van der Waals surface area contributed by atoms with Gasteiger partial charge in [0, 0.05) is 72.5 Å². The summed E-state index contributed by atoms with van der Waals surface area (Å²) in [5, 5.41) is 0.982. The molecular weight excluding hydrogens is 956 g/mol. The van der Waals surface area contributed by atoms with Gasteiger partial charge in [-0.2, -0.15) is 12.1 Å². The fourth-order valence-electron chi connectivity index (χ4n) is 8.56. The summed E-state index contributed by atoms with van der Waals surface area (Å²) in [5.74, 6) is 2.75. The smallest absolute Gasteiger partial charge is 0.135 e. The minimum absolute atomic E-state index is 0. The third kappa shape index (κ3) is 7.17. The normalized spacial score (nSPS) is 14.1. The fraction of sp³-hybridized carbons (Fsp3) is 0.143. The monoisotopic (exact) mass is 1000 g/mol. The van der Waals surface area contributed by atoms with Crippen molar-refractivity contribution in [1.29, 1.82) is 0 Å². The summed E-state index contributed by atoms with van der Waals surface area (Å²) in [6, 6.07) is 48.8. The van der Waals surface area contributed by atoms with Crippen LogP contribution in [0.25, 0.3) is 49.9 Å². The summed E-state index contributed by atoms with van der Waals surface area (Å²) >= 11 is 0. The molecule has 14 rings (SSSR count). The van der Waals surface area contributed by atoms with Crippen molar-refractivity contribution in [3.8, 4) is 51.1 Å². The van der Waals surface area contributed by atoms with Gasteiger partial charge in [0.15, 0.2) is 0 Å². The maximum atomic E-state index is 9.19. The number of fused-ring (bicyclic) bond motifs is 6. The molecule has 7 heterocycles. The first kappa shape index (κ1) is 35.9. The Balaban J connectivity index is 0.00000525. The van der Waals surface area contributed by atoms with Crippen molar-refractivity contribution < 1.29 is 36.0 Å². The van der Waals surface area contributed by atoms with Gasteiger partial charge in [0.25, 0.3) is 0 Å². The van der Waals surface area contributed by atoms with Gasteiger partial charge in [-0.25, -0.2) is 4.98 Å². The van der Waals surface area contributed by atoms with Crippen LogP contribution in [0.2, 0.25) is 0 Å². The van der Waals surface area contributed by atoms with Crippen LogP contribution in [0.4, 0.5) is 22.7 Å². The molecule has 6 nitrogen and oxygen atoms in total. The van der Waals surface area contributed by atoms with E-state index in [1.165, 1.54) is 5.56 Å². The Kier molecular flexibility index (Phi) is 8.74. The second-order valence-electron chi connectivity index (χ2n) is 18.0. The van der Waals surface area contributed by atoms with Gasteiger partial charge in [0.1, 0.15) is 17.3 Å². The van der Waals surface area contributed by atoms with E-state index in [1.54, 1.807) is 10.6 Å². The van der Waals surface area contributed by atoms with Crippen LogP contribution in [0.15, 0.2) is 158 Å². The maximum Gasteiger partial charge on any atom is 0.135 e. The van der Waals surface area contributed by atoms with Crippen molar-refractivity contribution >= 4 is 44.6 Å². The van der Waals surface area contributed by atoms with Gasteiger partial charge < -0.3 is 23.8 Å². The third-order valence-electron chi connectivity index (χ3n) is 11.8. The molecule has 0 spiro atoms. The molecule has 0 amide bonds. The van der Waals surface area contributed by atoms with Crippen LogP contribution < -0.4 is 19.3 Å². The van der Waals surface area contributed by atoms with E-state index in [0.717, 1.165) is 50.6 Å². The summed E-state index contributed by atoms with van der Waals surface area (Å²) in [4.78, 5) is 9.37. The molecule has 0 atom stereocenters. The van der Waals surface area contributed by atoms with Gasteiger partial charge >= 0.3 is 0 Å². The molecule has 63 heavy (non-hydrogen) atoms. The number of ether oxygens (including phenoxy) is 2. The van der Waals surface area contributed by atoms with Crippen LogP contribution in [-0.2, 0) is 31.9 Å². The average Bonchev–Trinajstić information content (AvgIpc) is 3.86. The molecule has 0 aliphatic carbocycles. The molecule has 0 fully saturated rings. The molecule has 0 unspecified atom stereocenters. The number of anilines is 4. The SMILES string of the molecule is [2H]c1c([2H])c([2H])c2c(c1[2H])c1ccc3[c-]c1n2-c1cc(C(C)(C)C)c(cn1)-c1ccc(cc1)Oc1ccc(cc1)-c1cc(C(C)(C)C)ccc1N1[CH-]N(c2[c-]c(ccc2)O3)c2ccccc21.[Pt]. The molecule has 0 saturated heterocycles. The molecule has 5 aliphatic heterocycles. The van der Waals surface area contributed by atoms with Gasteiger partial charge in [-0.05, 0) is 99.1 Å². The number of benzene rings is 7. The Bertz CT molecular complexity index is 3430. The standard InChI is InChI=1S/C56H45N4O2.Pt/c1-55(2,3)38-22-29-49-46(30-38)36-18-23-40(24-19-36)61-41-25-20-37(21-26-41)47-34-57-54(33-48(47)56(4,5)6)60-50-15-8-7-14-44(50)45-28-27-43(32-53(45)60)62-42-13-11-12-39(31-42)58-35-59(49)52-17-10-9-16-51(52)58;/h7-30,33-35H,1-6H3;/q-3;/i7D,8D,14D,15D;. The van der Waals surface area contributed by atoms with E-state index < -0.39 is 0 Å². The minimum atomic E-state index is -0.347. The first-order valence-electron chi connectivity index (χ1n) is 22.9. The molecule has 0 saturated carbocycles. The fourth-order valence-corrected chi connectivity index (χ4v) is 8.56. The summed E-state index contributed by atoms with van der Waals surface area (Å²) in [5.41, 5.74) is 10.4. The van der Waals surface area contributed by atoms with Gasteiger partial charge in [-0.1, -0.05) is 108 Å². The van der Waals surface area contributed by atoms with Crippen LogP contribution in [0, 0.1) is 18.8 Å². The van der Waals surface area contributed by atoms with Crippen molar-refractivity contribution in [3.05, 3.63) is 188 Å². The zero-order chi connectivity index (χ0) is 45.8. The van der Waals surface area contributed by atoms with Crippen LogP contribution >= 0.6 is 0 Å². The quantitative estimate of drug-likeness (QED) is 0.142. The number of hydrogen-bond donors (Lipinski definition) is 0. The number of hydrogen-bond acceptors (Lipinski definition) is 5. The third-order valence-corrected chi connectivity index (χ3v) is 11.8. The molecule has 314 valence electrons. The first-order valence-corrected chi connectivity index (χ1v) is 20.9. The van der Waals surface area contributed by atoms with Gasteiger partial charge in [-0.15, -0.1) is 48.1 Å². The average molecular weight is 1010 g/mol. The summed E-state index contributed by atoms with van der Waals surface area (Å²) in [6.45, 7) is 15.2. The number of para-hydroxylation sites is 3. The van der Waals surface area contributed by atoms with Crippen LogP contribution in [0.5, 0.6) is 23.0 Å². The Morgan fingerprint density at radius 3 is 2.00 bits per heavy atom. The largest absolute Gasteiger partial charge is 0.509 e. The van der Waals surface area contributed by atoms with E-state index in [4.69, 9.17) is 18.6 Å². The van der Waals surface area contributed by atoms with Crippen molar-refractivity contribution in [3.63, 3.8) is 0 Å². The molecule has 12 bridgehead atoms. The van der Waals surface area contributed by atoms with E-state index >= 15 is 0 Å². The Morgan fingerprint density at radius 2 is 1.29 bits per heavy atom. The zero-order valence-corrected chi connectivity index (χ0v) is 38.0. The molecule has 0 radical (unpaired) electrons. The first-order chi connectivity index (χ1) is 31.6. The van der Waals surface area contributed by atoms with Crippen LogP contribution in [0.1, 0.15) is 58.2 Å². The van der Waals surface area contributed by atoms with Crippen molar-refractivity contribution in [2.75, 3.05) is 9.80 Å². The van der Waals surface area contributed by atoms with E-state index in [1.807, 2.05) is 79.0 Å². The summed E-state index contributed by atoms with van der Waals surface area (Å²) in [7, 11) is 0. The number of nitrogens with zero attached hydrogens (tertiary/aromatic N) is 4. The van der Waals surface area contributed by atoms with Crippen LogP contribution in [-0.4, -0.2) is 9.55 Å². The van der Waals surface area contributed by atoms with Crippen molar-refractivity contribution in [2.45, 2.75) is 52.4 Å². The molecule has 2 aromatic heterocycles. The van der Waals surface area contributed by atoms with E-state index in [2.05, 4.69) is 119 Å². The zero-order valence-electron chi connectivity index (χ0n) is 39.7. The maximum absolute atomic E-state index is 9.19. The summed E-state index contributed by atoms with van der Waals surface area (Å²) < 4.78 is 50.4. The predicted octanol–water partition coefficient (Wildman–Crippen LogP) is 15.0. The number of aromatic nitrogens is 2.